The number of carbonyl (C=O) groups excluding carboxylic acids is 1. The first kappa shape index (κ1) is 15.3. The van der Waals surface area contributed by atoms with E-state index >= 15 is 0 Å². The minimum Gasteiger partial charge on any atom is -0.496 e. The number of nitrogens with zero attached hydrogens (tertiary/aromatic N) is 1. The average molecular weight is 423 g/mol. The largest absolute Gasteiger partial charge is 0.496 e. The molecule has 3 rings (SSSR count). The lowest BCUT2D eigenvalue weighted by atomic mass is 10.0. The number of halogens is 2. The van der Waals surface area contributed by atoms with Crippen LogP contribution >= 0.6 is 31.9 Å². The smallest absolute Gasteiger partial charge is 0.258 e. The molecular weight excluding hydrogens is 410 g/mol. The van der Waals surface area contributed by atoms with Gasteiger partial charge in [-0.1, -0.05) is 31.9 Å². The first-order valence-corrected chi connectivity index (χ1v) is 8.23. The zero-order valence-corrected chi connectivity index (χ0v) is 15.2. The monoisotopic (exact) mass is 421 g/mol. The van der Waals surface area contributed by atoms with Crippen LogP contribution in [0, 0.1) is 0 Å². The van der Waals surface area contributed by atoms with Crippen molar-refractivity contribution in [1.82, 2.24) is 0 Å². The third-order valence-corrected chi connectivity index (χ3v) is 4.62. The number of likely N-dealkylation sites (N-methyl/N-ethyl adjacent to an activating group) is 1. The molecule has 0 bridgehead atoms. The molecule has 0 atom stereocenters. The molecule has 0 saturated heterocycles. The van der Waals surface area contributed by atoms with E-state index in [1.165, 1.54) is 0 Å². The van der Waals surface area contributed by atoms with E-state index in [9.17, 15) is 4.79 Å². The fourth-order valence-electron chi connectivity index (χ4n) is 2.53. The number of amides is 1. The second-order valence-electron chi connectivity index (χ2n) is 4.97. The van der Waals surface area contributed by atoms with Crippen molar-refractivity contribution in [1.29, 1.82) is 0 Å². The predicted molar refractivity (Wildman–Crippen MR) is 96.1 cm³/mol. The van der Waals surface area contributed by atoms with Gasteiger partial charge in [0.1, 0.15) is 5.75 Å². The van der Waals surface area contributed by atoms with Crippen LogP contribution in [-0.2, 0) is 4.79 Å². The Kier molecular flexibility index (Phi) is 4.10. The van der Waals surface area contributed by atoms with Crippen molar-refractivity contribution in [2.75, 3.05) is 19.1 Å². The number of methoxy groups -OCH3 is 1. The molecule has 2 aromatic rings. The Morgan fingerprint density at radius 1 is 1.09 bits per heavy atom. The molecule has 0 N–H and O–H groups in total. The lowest BCUT2D eigenvalue weighted by molar-refractivity contribution is -0.112. The van der Waals surface area contributed by atoms with Crippen LogP contribution < -0.4 is 9.64 Å². The molecule has 0 saturated carbocycles. The van der Waals surface area contributed by atoms with Crippen LogP contribution in [-0.4, -0.2) is 20.1 Å². The van der Waals surface area contributed by atoms with Crippen LogP contribution in [0.15, 0.2) is 45.3 Å². The third kappa shape index (κ3) is 2.59. The summed E-state index contributed by atoms with van der Waals surface area (Å²) >= 11 is 6.93. The third-order valence-electron chi connectivity index (χ3n) is 3.64. The molecule has 1 aliphatic heterocycles. The van der Waals surface area contributed by atoms with Crippen molar-refractivity contribution in [3.8, 4) is 5.75 Å². The maximum absolute atomic E-state index is 12.6. The highest BCUT2D eigenvalue weighted by atomic mass is 79.9. The van der Waals surface area contributed by atoms with Gasteiger partial charge in [0.2, 0.25) is 0 Å². The van der Waals surface area contributed by atoms with Gasteiger partial charge in [0, 0.05) is 32.7 Å². The Labute approximate surface area is 145 Å². The molecule has 0 unspecified atom stereocenters. The molecule has 2 aromatic carbocycles. The van der Waals surface area contributed by atoms with E-state index in [0.29, 0.717) is 5.57 Å². The van der Waals surface area contributed by atoms with Crippen molar-refractivity contribution < 1.29 is 9.53 Å². The van der Waals surface area contributed by atoms with Gasteiger partial charge in [0.15, 0.2) is 0 Å². The van der Waals surface area contributed by atoms with Gasteiger partial charge < -0.3 is 9.64 Å². The Morgan fingerprint density at radius 3 is 2.50 bits per heavy atom. The first-order valence-electron chi connectivity index (χ1n) is 6.64. The summed E-state index contributed by atoms with van der Waals surface area (Å²) in [5, 5.41) is 0. The standard InChI is InChI=1S/C17H13Br2NO2/c1-20-15-5-3-12(19)9-13(15)14(17(20)21)8-10-7-11(18)4-6-16(10)22-2/h3-9H,1-2H3/b14-8+. The van der Waals surface area contributed by atoms with Crippen LogP contribution in [0.2, 0.25) is 0 Å². The van der Waals surface area contributed by atoms with E-state index in [4.69, 9.17) is 4.74 Å². The van der Waals surface area contributed by atoms with E-state index in [0.717, 1.165) is 31.5 Å². The van der Waals surface area contributed by atoms with Crippen molar-refractivity contribution >= 4 is 55.1 Å². The second kappa shape index (κ2) is 5.89. The van der Waals surface area contributed by atoms with Gasteiger partial charge in [0.25, 0.3) is 5.91 Å². The van der Waals surface area contributed by atoms with Gasteiger partial charge in [-0.2, -0.15) is 0 Å². The lowest BCUT2D eigenvalue weighted by Gasteiger charge is -2.08. The first-order chi connectivity index (χ1) is 10.5. The number of carbonyl (C=O) groups is 1. The molecule has 5 heteroatoms. The summed E-state index contributed by atoms with van der Waals surface area (Å²) in [6.45, 7) is 0. The maximum Gasteiger partial charge on any atom is 0.258 e. The highest BCUT2D eigenvalue weighted by Crippen LogP contribution is 2.39. The molecule has 0 fully saturated rings. The molecule has 0 spiro atoms. The number of hydrogen-bond acceptors (Lipinski definition) is 2. The van der Waals surface area contributed by atoms with E-state index < -0.39 is 0 Å². The summed E-state index contributed by atoms with van der Waals surface area (Å²) in [5.74, 6) is 0.713. The van der Waals surface area contributed by atoms with E-state index in [1.807, 2.05) is 42.5 Å². The summed E-state index contributed by atoms with van der Waals surface area (Å²) < 4.78 is 7.27. The zero-order chi connectivity index (χ0) is 15.9. The number of fused-ring (bicyclic) bond motifs is 1. The minimum absolute atomic E-state index is 0.0184. The predicted octanol–water partition coefficient (Wildman–Crippen LogP) is 4.74. The van der Waals surface area contributed by atoms with Crippen LogP contribution in [0.5, 0.6) is 5.75 Å². The van der Waals surface area contributed by atoms with Gasteiger partial charge in [-0.15, -0.1) is 0 Å². The summed E-state index contributed by atoms with van der Waals surface area (Å²) in [6, 6.07) is 11.6. The Morgan fingerprint density at radius 2 is 1.77 bits per heavy atom. The fraction of sp³-hybridized carbons (Fsp3) is 0.118. The molecule has 1 amide bonds. The minimum atomic E-state index is -0.0184. The normalized spacial score (nSPS) is 15.4. The molecule has 22 heavy (non-hydrogen) atoms. The van der Waals surface area contributed by atoms with Crippen molar-refractivity contribution in [2.45, 2.75) is 0 Å². The molecule has 0 aromatic heterocycles. The van der Waals surface area contributed by atoms with Crippen molar-refractivity contribution in [2.24, 2.45) is 0 Å². The van der Waals surface area contributed by atoms with Gasteiger partial charge in [-0.25, -0.2) is 0 Å². The molecule has 1 aliphatic rings. The number of ether oxygens (including phenoxy) is 1. The molecule has 1 heterocycles. The van der Waals surface area contributed by atoms with Crippen molar-refractivity contribution in [3.63, 3.8) is 0 Å². The van der Waals surface area contributed by atoms with E-state index in [-0.39, 0.29) is 5.91 Å². The molecule has 0 radical (unpaired) electrons. The van der Waals surface area contributed by atoms with Crippen LogP contribution in [0.1, 0.15) is 11.1 Å². The van der Waals surface area contributed by atoms with Gasteiger partial charge in [-0.3, -0.25) is 4.79 Å². The van der Waals surface area contributed by atoms with Crippen molar-refractivity contribution in [3.05, 3.63) is 56.5 Å². The lowest BCUT2D eigenvalue weighted by Crippen LogP contribution is -2.20. The molecular formula is C17H13Br2NO2. The Hall–Kier alpha value is -1.59. The molecule has 3 nitrogen and oxygen atoms in total. The van der Waals surface area contributed by atoms with E-state index in [2.05, 4.69) is 31.9 Å². The fourth-order valence-corrected chi connectivity index (χ4v) is 3.27. The highest BCUT2D eigenvalue weighted by Gasteiger charge is 2.29. The number of hydrogen-bond donors (Lipinski definition) is 0. The number of rotatable bonds is 2. The van der Waals surface area contributed by atoms with Crippen LogP contribution in [0.25, 0.3) is 11.6 Å². The molecule has 112 valence electrons. The van der Waals surface area contributed by atoms with Crippen LogP contribution in [0.4, 0.5) is 5.69 Å². The second-order valence-corrected chi connectivity index (χ2v) is 6.80. The number of benzene rings is 2. The maximum atomic E-state index is 12.6. The van der Waals surface area contributed by atoms with Gasteiger partial charge >= 0.3 is 0 Å². The summed E-state index contributed by atoms with van der Waals surface area (Å²) in [7, 11) is 3.41. The summed E-state index contributed by atoms with van der Waals surface area (Å²) in [4.78, 5) is 14.2. The summed E-state index contributed by atoms with van der Waals surface area (Å²) in [5.41, 5.74) is 3.36. The quantitative estimate of drug-likeness (QED) is 0.654. The zero-order valence-electron chi connectivity index (χ0n) is 12.1. The Balaban J connectivity index is 2.19. The van der Waals surface area contributed by atoms with Crippen LogP contribution in [0.3, 0.4) is 0 Å². The van der Waals surface area contributed by atoms with E-state index in [1.54, 1.807) is 19.1 Å². The highest BCUT2D eigenvalue weighted by molar-refractivity contribution is 9.10. The van der Waals surface area contributed by atoms with Gasteiger partial charge in [-0.05, 0) is 42.5 Å². The summed E-state index contributed by atoms with van der Waals surface area (Å²) in [6.07, 6.45) is 1.88. The van der Waals surface area contributed by atoms with Gasteiger partial charge in [0.05, 0.1) is 12.8 Å². The Bertz CT molecular complexity index is 799. The SMILES string of the molecule is COc1ccc(Br)cc1/C=C1/C(=O)N(C)c2ccc(Br)cc21. The average Bonchev–Trinajstić information content (AvgIpc) is 2.72. The molecule has 0 aliphatic carbocycles. The number of anilines is 1. The topological polar surface area (TPSA) is 29.5 Å².